The highest BCUT2D eigenvalue weighted by atomic mass is 32.2. The summed E-state index contributed by atoms with van der Waals surface area (Å²) in [4.78, 5) is 22.8. The number of fused-ring (bicyclic) bond motifs is 2. The monoisotopic (exact) mass is 381 g/mol. The molecule has 140 valence electrons. The van der Waals surface area contributed by atoms with Crippen molar-refractivity contribution in [3.8, 4) is 5.75 Å². The predicted molar refractivity (Wildman–Crippen MR) is 108 cm³/mol. The van der Waals surface area contributed by atoms with Gasteiger partial charge < -0.3 is 14.6 Å². The van der Waals surface area contributed by atoms with E-state index >= 15 is 0 Å². The van der Waals surface area contributed by atoms with Crippen molar-refractivity contribution in [1.82, 2.24) is 14.9 Å². The Bertz CT molecular complexity index is 969. The van der Waals surface area contributed by atoms with E-state index in [-0.39, 0.29) is 11.2 Å². The van der Waals surface area contributed by atoms with E-state index in [1.165, 1.54) is 22.9 Å². The zero-order valence-electron chi connectivity index (χ0n) is 15.6. The first kappa shape index (κ1) is 17.9. The second kappa shape index (κ2) is 7.64. The number of nitrogens with zero attached hydrogens (tertiary/aromatic N) is 2. The molecule has 1 atom stereocenters. The molecule has 0 saturated heterocycles. The number of thioether (sulfide) groups is 1. The van der Waals surface area contributed by atoms with E-state index in [2.05, 4.69) is 28.2 Å². The van der Waals surface area contributed by atoms with E-state index in [0.717, 1.165) is 34.9 Å². The van der Waals surface area contributed by atoms with Gasteiger partial charge >= 0.3 is 0 Å². The van der Waals surface area contributed by atoms with Crippen LogP contribution in [-0.4, -0.2) is 39.2 Å². The van der Waals surface area contributed by atoms with Crippen molar-refractivity contribution < 1.29 is 9.53 Å². The molecule has 1 unspecified atom stereocenters. The molecule has 1 aromatic heterocycles. The number of nitrogens with one attached hydrogen (secondary N) is 1. The van der Waals surface area contributed by atoms with Crippen LogP contribution in [0.3, 0.4) is 0 Å². The summed E-state index contributed by atoms with van der Waals surface area (Å²) in [6.45, 7) is 6.01. The van der Waals surface area contributed by atoms with Crippen molar-refractivity contribution in [2.45, 2.75) is 37.2 Å². The van der Waals surface area contributed by atoms with Gasteiger partial charge in [-0.05, 0) is 43.5 Å². The number of imidazole rings is 1. The van der Waals surface area contributed by atoms with E-state index in [9.17, 15) is 4.79 Å². The van der Waals surface area contributed by atoms with Crippen LogP contribution in [0.2, 0.25) is 0 Å². The van der Waals surface area contributed by atoms with Crippen molar-refractivity contribution >= 4 is 28.7 Å². The molecule has 0 spiro atoms. The van der Waals surface area contributed by atoms with Gasteiger partial charge in [0.15, 0.2) is 5.16 Å². The van der Waals surface area contributed by atoms with Crippen molar-refractivity contribution in [2.75, 3.05) is 13.2 Å². The number of hydrogen-bond donors (Lipinski definition) is 1. The number of carbonyl (C=O) groups excluding carboxylic acids is 1. The molecule has 1 amide bonds. The molecule has 2 aromatic carbocycles. The van der Waals surface area contributed by atoms with E-state index in [4.69, 9.17) is 4.74 Å². The second-order valence-corrected chi connectivity index (χ2v) is 8.02. The molecule has 6 heteroatoms. The van der Waals surface area contributed by atoms with Crippen LogP contribution in [0.25, 0.3) is 11.0 Å². The molecule has 0 fully saturated rings. The molecule has 0 aliphatic carbocycles. The normalized spacial score (nSPS) is 14.8. The third-order valence-corrected chi connectivity index (χ3v) is 5.79. The third-order valence-electron chi connectivity index (χ3n) is 4.82. The smallest absolute Gasteiger partial charge is 0.236 e. The van der Waals surface area contributed by atoms with Crippen molar-refractivity contribution in [3.05, 3.63) is 53.6 Å². The Balaban J connectivity index is 1.45. The SMILES string of the molecule is CCOc1ccc2nc(SC(C)C(=O)N3CCc4ccccc4C3)[nH]c2c1. The number of hydrogen-bond acceptors (Lipinski definition) is 4. The molecule has 3 aromatic rings. The van der Waals surface area contributed by atoms with Crippen LogP contribution in [0.5, 0.6) is 5.75 Å². The summed E-state index contributed by atoms with van der Waals surface area (Å²) in [6.07, 6.45) is 0.921. The lowest BCUT2D eigenvalue weighted by Crippen LogP contribution is -2.40. The summed E-state index contributed by atoms with van der Waals surface area (Å²) in [6, 6.07) is 14.2. The summed E-state index contributed by atoms with van der Waals surface area (Å²) in [5.74, 6) is 0.978. The van der Waals surface area contributed by atoms with Gasteiger partial charge in [0.2, 0.25) is 5.91 Å². The molecule has 0 bridgehead atoms. The Labute approximate surface area is 163 Å². The average molecular weight is 382 g/mol. The van der Waals surface area contributed by atoms with Crippen LogP contribution in [0, 0.1) is 0 Å². The molecular formula is C21H23N3O2S. The van der Waals surface area contributed by atoms with Crippen LogP contribution in [0.1, 0.15) is 25.0 Å². The van der Waals surface area contributed by atoms with Gasteiger partial charge in [-0.3, -0.25) is 4.79 Å². The number of amides is 1. The van der Waals surface area contributed by atoms with Crippen molar-refractivity contribution in [1.29, 1.82) is 0 Å². The number of H-pyrrole nitrogens is 1. The number of aromatic nitrogens is 2. The van der Waals surface area contributed by atoms with Crippen LogP contribution in [0.4, 0.5) is 0 Å². The highest BCUT2D eigenvalue weighted by Crippen LogP contribution is 2.28. The van der Waals surface area contributed by atoms with Gasteiger partial charge in [0.1, 0.15) is 5.75 Å². The Kier molecular flexibility index (Phi) is 5.07. The molecule has 27 heavy (non-hydrogen) atoms. The zero-order chi connectivity index (χ0) is 18.8. The molecule has 5 nitrogen and oxygen atoms in total. The Morgan fingerprint density at radius 1 is 1.30 bits per heavy atom. The quantitative estimate of drug-likeness (QED) is 0.678. The fourth-order valence-electron chi connectivity index (χ4n) is 3.44. The highest BCUT2D eigenvalue weighted by molar-refractivity contribution is 8.00. The first-order valence-electron chi connectivity index (χ1n) is 9.29. The minimum Gasteiger partial charge on any atom is -0.494 e. The first-order valence-corrected chi connectivity index (χ1v) is 10.2. The van der Waals surface area contributed by atoms with E-state index in [0.29, 0.717) is 13.2 Å². The molecule has 1 aliphatic heterocycles. The van der Waals surface area contributed by atoms with E-state index < -0.39 is 0 Å². The number of ether oxygens (including phenoxy) is 1. The lowest BCUT2D eigenvalue weighted by Gasteiger charge is -2.30. The summed E-state index contributed by atoms with van der Waals surface area (Å²) in [5, 5.41) is 0.569. The van der Waals surface area contributed by atoms with Gasteiger partial charge in [-0.2, -0.15) is 0 Å². The number of aromatic amines is 1. The maximum Gasteiger partial charge on any atom is 0.236 e. The predicted octanol–water partition coefficient (Wildman–Crippen LogP) is 4.03. The number of carbonyl (C=O) groups is 1. The molecule has 0 radical (unpaired) electrons. The fraction of sp³-hybridized carbons (Fsp3) is 0.333. The lowest BCUT2D eigenvalue weighted by atomic mass is 10.00. The van der Waals surface area contributed by atoms with Crippen LogP contribution in [-0.2, 0) is 17.8 Å². The zero-order valence-corrected chi connectivity index (χ0v) is 16.4. The fourth-order valence-corrected chi connectivity index (χ4v) is 4.34. The maximum absolute atomic E-state index is 12.9. The summed E-state index contributed by atoms with van der Waals surface area (Å²) in [7, 11) is 0. The van der Waals surface area contributed by atoms with Crippen LogP contribution >= 0.6 is 11.8 Å². The van der Waals surface area contributed by atoms with E-state index in [1.807, 2.05) is 43.0 Å². The van der Waals surface area contributed by atoms with Gasteiger partial charge in [0.05, 0.1) is 22.9 Å². The van der Waals surface area contributed by atoms with Crippen molar-refractivity contribution in [2.24, 2.45) is 0 Å². The minimum atomic E-state index is -0.192. The highest BCUT2D eigenvalue weighted by Gasteiger charge is 2.25. The maximum atomic E-state index is 12.9. The number of benzene rings is 2. The van der Waals surface area contributed by atoms with Crippen LogP contribution in [0.15, 0.2) is 47.6 Å². The number of rotatable bonds is 5. The van der Waals surface area contributed by atoms with E-state index in [1.54, 1.807) is 0 Å². The molecule has 1 N–H and O–H groups in total. The molecule has 1 aliphatic rings. The first-order chi connectivity index (χ1) is 13.1. The average Bonchev–Trinajstić information content (AvgIpc) is 3.08. The van der Waals surface area contributed by atoms with Gasteiger partial charge in [0.25, 0.3) is 0 Å². The molecule has 2 heterocycles. The van der Waals surface area contributed by atoms with Gasteiger partial charge in [0, 0.05) is 19.2 Å². The second-order valence-electron chi connectivity index (χ2n) is 6.69. The Morgan fingerprint density at radius 2 is 2.11 bits per heavy atom. The topological polar surface area (TPSA) is 58.2 Å². The minimum absolute atomic E-state index is 0.157. The Hall–Kier alpha value is -2.47. The van der Waals surface area contributed by atoms with Gasteiger partial charge in [-0.25, -0.2) is 4.98 Å². The molecule has 4 rings (SSSR count). The van der Waals surface area contributed by atoms with Gasteiger partial charge in [-0.1, -0.05) is 36.0 Å². The lowest BCUT2D eigenvalue weighted by molar-refractivity contribution is -0.131. The standard InChI is InChI=1S/C21H23N3O2S/c1-3-26-17-8-9-18-19(12-17)23-21(22-18)27-14(2)20(25)24-11-10-15-6-4-5-7-16(15)13-24/h4-9,12,14H,3,10-11,13H2,1-2H3,(H,22,23). The Morgan fingerprint density at radius 3 is 2.93 bits per heavy atom. The summed E-state index contributed by atoms with van der Waals surface area (Å²) < 4.78 is 5.54. The molecular weight excluding hydrogens is 358 g/mol. The summed E-state index contributed by atoms with van der Waals surface area (Å²) >= 11 is 1.47. The van der Waals surface area contributed by atoms with Gasteiger partial charge in [-0.15, -0.1) is 0 Å². The third kappa shape index (κ3) is 3.81. The molecule has 0 saturated carbocycles. The summed E-state index contributed by atoms with van der Waals surface area (Å²) in [5.41, 5.74) is 4.41. The van der Waals surface area contributed by atoms with Crippen molar-refractivity contribution in [3.63, 3.8) is 0 Å². The largest absolute Gasteiger partial charge is 0.494 e. The van der Waals surface area contributed by atoms with Crippen LogP contribution < -0.4 is 4.74 Å².